The Bertz CT molecular complexity index is 502. The van der Waals surface area contributed by atoms with Crippen LogP contribution >= 0.6 is 0 Å². The Hall–Kier alpha value is -1.48. The Morgan fingerprint density at radius 1 is 1.38 bits per heavy atom. The first-order valence-electron chi connectivity index (χ1n) is 5.41. The summed E-state index contributed by atoms with van der Waals surface area (Å²) in [7, 11) is 3.68. The van der Waals surface area contributed by atoms with Crippen molar-refractivity contribution in [2.75, 3.05) is 13.7 Å². The van der Waals surface area contributed by atoms with Crippen LogP contribution in [-0.4, -0.2) is 23.4 Å². The number of methoxy groups -OCH3 is 1. The number of nitrogens with zero attached hydrogens (tertiary/aromatic N) is 1. The van der Waals surface area contributed by atoms with E-state index in [4.69, 9.17) is 4.74 Å². The molecule has 0 aliphatic carbocycles. The molecule has 0 fully saturated rings. The zero-order valence-electron chi connectivity index (χ0n) is 9.90. The van der Waals surface area contributed by atoms with Gasteiger partial charge in [0.1, 0.15) is 5.75 Å². The highest BCUT2D eigenvalue weighted by molar-refractivity contribution is 5.86. The van der Waals surface area contributed by atoms with Crippen LogP contribution in [0.1, 0.15) is 18.4 Å². The van der Waals surface area contributed by atoms with E-state index in [1.165, 1.54) is 0 Å². The standard InChI is InChI=1S/C13H17NO2/c1-9(8-15)13-10-6-7-14(2)11(10)4-5-12(13)16-3/h4-7,9,15H,8H2,1-3H3. The third-order valence-electron chi connectivity index (χ3n) is 3.06. The van der Waals surface area contributed by atoms with Gasteiger partial charge in [-0.25, -0.2) is 0 Å². The fraction of sp³-hybridized carbons (Fsp3) is 0.385. The number of aliphatic hydroxyl groups excluding tert-OH is 1. The number of ether oxygens (including phenoxy) is 1. The van der Waals surface area contributed by atoms with Gasteiger partial charge in [-0.1, -0.05) is 6.92 Å². The minimum atomic E-state index is 0.0843. The molecule has 1 aromatic carbocycles. The summed E-state index contributed by atoms with van der Waals surface area (Å²) in [5.41, 5.74) is 2.25. The van der Waals surface area contributed by atoms with Crippen molar-refractivity contribution in [1.29, 1.82) is 0 Å². The molecule has 3 nitrogen and oxygen atoms in total. The summed E-state index contributed by atoms with van der Waals surface area (Å²) in [6.45, 7) is 2.13. The third kappa shape index (κ3) is 1.57. The molecule has 0 aliphatic rings. The van der Waals surface area contributed by atoms with Crippen LogP contribution in [0, 0.1) is 0 Å². The number of aromatic nitrogens is 1. The summed E-state index contributed by atoms with van der Waals surface area (Å²) in [6.07, 6.45) is 2.03. The molecule has 86 valence electrons. The molecule has 0 saturated carbocycles. The van der Waals surface area contributed by atoms with Gasteiger partial charge in [-0.15, -0.1) is 0 Å². The summed E-state index contributed by atoms with van der Waals surface area (Å²) in [4.78, 5) is 0. The van der Waals surface area contributed by atoms with Crippen molar-refractivity contribution in [3.8, 4) is 5.75 Å². The van der Waals surface area contributed by atoms with E-state index >= 15 is 0 Å². The van der Waals surface area contributed by atoms with Gasteiger partial charge in [-0.2, -0.15) is 0 Å². The lowest BCUT2D eigenvalue weighted by Gasteiger charge is -2.15. The Morgan fingerprint density at radius 2 is 2.12 bits per heavy atom. The van der Waals surface area contributed by atoms with Gasteiger partial charge in [0.05, 0.1) is 7.11 Å². The summed E-state index contributed by atoms with van der Waals surface area (Å²) in [5, 5.41) is 10.5. The van der Waals surface area contributed by atoms with Gasteiger partial charge in [0, 0.05) is 42.2 Å². The zero-order valence-corrected chi connectivity index (χ0v) is 9.90. The van der Waals surface area contributed by atoms with Crippen molar-refractivity contribution in [2.24, 2.45) is 7.05 Å². The topological polar surface area (TPSA) is 34.4 Å². The molecular weight excluding hydrogens is 202 g/mol. The third-order valence-corrected chi connectivity index (χ3v) is 3.06. The van der Waals surface area contributed by atoms with Crippen LogP contribution in [0.2, 0.25) is 0 Å². The van der Waals surface area contributed by atoms with Crippen LogP contribution in [0.15, 0.2) is 24.4 Å². The quantitative estimate of drug-likeness (QED) is 0.859. The monoisotopic (exact) mass is 219 g/mol. The summed E-state index contributed by atoms with van der Waals surface area (Å²) >= 11 is 0. The number of hydrogen-bond acceptors (Lipinski definition) is 2. The van der Waals surface area contributed by atoms with E-state index in [1.807, 2.05) is 32.3 Å². The predicted molar refractivity (Wildman–Crippen MR) is 65.0 cm³/mol. The predicted octanol–water partition coefficient (Wildman–Crippen LogP) is 2.28. The van der Waals surface area contributed by atoms with Crippen molar-refractivity contribution < 1.29 is 9.84 Å². The lowest BCUT2D eigenvalue weighted by atomic mass is 9.97. The second-order valence-corrected chi connectivity index (χ2v) is 4.12. The highest BCUT2D eigenvalue weighted by Gasteiger charge is 2.15. The van der Waals surface area contributed by atoms with E-state index in [0.717, 1.165) is 22.2 Å². The van der Waals surface area contributed by atoms with Crippen molar-refractivity contribution >= 4 is 10.9 Å². The molecule has 0 radical (unpaired) electrons. The number of rotatable bonds is 3. The second-order valence-electron chi connectivity index (χ2n) is 4.12. The summed E-state index contributed by atoms with van der Waals surface area (Å²) in [6, 6.07) is 6.07. The smallest absolute Gasteiger partial charge is 0.123 e. The van der Waals surface area contributed by atoms with Crippen molar-refractivity contribution in [3.05, 3.63) is 30.0 Å². The van der Waals surface area contributed by atoms with Gasteiger partial charge >= 0.3 is 0 Å². The molecule has 0 aliphatic heterocycles. The molecule has 3 heteroatoms. The van der Waals surface area contributed by atoms with E-state index in [2.05, 4.69) is 10.6 Å². The molecule has 0 amide bonds. The van der Waals surface area contributed by atoms with Gasteiger partial charge in [0.25, 0.3) is 0 Å². The fourth-order valence-corrected chi connectivity index (χ4v) is 2.13. The van der Waals surface area contributed by atoms with Crippen LogP contribution in [0.3, 0.4) is 0 Å². The molecular formula is C13H17NO2. The SMILES string of the molecule is COc1ccc2c(ccn2C)c1C(C)CO. The van der Waals surface area contributed by atoms with Gasteiger partial charge < -0.3 is 14.4 Å². The van der Waals surface area contributed by atoms with Gasteiger partial charge in [-0.3, -0.25) is 0 Å². The van der Waals surface area contributed by atoms with Crippen LogP contribution in [0.4, 0.5) is 0 Å². The van der Waals surface area contributed by atoms with Crippen LogP contribution in [-0.2, 0) is 7.05 Å². The van der Waals surface area contributed by atoms with Crippen LogP contribution < -0.4 is 4.74 Å². The molecule has 1 heterocycles. The Labute approximate surface area is 95.3 Å². The number of aryl methyl sites for hydroxylation is 1. The second kappa shape index (κ2) is 4.18. The van der Waals surface area contributed by atoms with Crippen molar-refractivity contribution in [1.82, 2.24) is 4.57 Å². The Kier molecular flexibility index (Phi) is 2.88. The van der Waals surface area contributed by atoms with Gasteiger partial charge in [0.15, 0.2) is 0 Å². The maximum atomic E-state index is 9.31. The highest BCUT2D eigenvalue weighted by atomic mass is 16.5. The van der Waals surface area contributed by atoms with Crippen molar-refractivity contribution in [2.45, 2.75) is 12.8 Å². The Balaban J connectivity index is 2.73. The highest BCUT2D eigenvalue weighted by Crippen LogP contribution is 2.34. The van der Waals surface area contributed by atoms with E-state index in [0.29, 0.717) is 0 Å². The average molecular weight is 219 g/mol. The molecule has 1 atom stereocenters. The number of hydrogen-bond donors (Lipinski definition) is 1. The maximum Gasteiger partial charge on any atom is 0.123 e. The van der Waals surface area contributed by atoms with E-state index in [-0.39, 0.29) is 12.5 Å². The Morgan fingerprint density at radius 3 is 2.75 bits per heavy atom. The van der Waals surface area contributed by atoms with Gasteiger partial charge in [-0.05, 0) is 18.2 Å². The maximum absolute atomic E-state index is 9.31. The normalized spacial score (nSPS) is 13.0. The minimum absolute atomic E-state index is 0.0843. The average Bonchev–Trinajstić information content (AvgIpc) is 2.69. The van der Waals surface area contributed by atoms with Crippen molar-refractivity contribution in [3.63, 3.8) is 0 Å². The lowest BCUT2D eigenvalue weighted by molar-refractivity contribution is 0.270. The molecule has 0 bridgehead atoms. The zero-order chi connectivity index (χ0) is 11.7. The first-order chi connectivity index (χ1) is 7.69. The molecule has 1 aromatic heterocycles. The van der Waals surface area contributed by atoms with Gasteiger partial charge in [0.2, 0.25) is 0 Å². The lowest BCUT2D eigenvalue weighted by Crippen LogP contribution is -2.02. The minimum Gasteiger partial charge on any atom is -0.496 e. The van der Waals surface area contributed by atoms with E-state index in [1.54, 1.807) is 7.11 Å². The molecule has 16 heavy (non-hydrogen) atoms. The largest absolute Gasteiger partial charge is 0.496 e. The number of aliphatic hydroxyl groups is 1. The van der Waals surface area contributed by atoms with Crippen LogP contribution in [0.5, 0.6) is 5.75 Å². The molecule has 1 unspecified atom stereocenters. The van der Waals surface area contributed by atoms with Crippen LogP contribution in [0.25, 0.3) is 10.9 Å². The number of benzene rings is 1. The fourth-order valence-electron chi connectivity index (χ4n) is 2.13. The van der Waals surface area contributed by atoms with E-state index in [9.17, 15) is 5.11 Å². The molecule has 1 N–H and O–H groups in total. The number of fused-ring (bicyclic) bond motifs is 1. The van der Waals surface area contributed by atoms with E-state index < -0.39 is 0 Å². The molecule has 2 aromatic rings. The molecule has 2 rings (SSSR count). The summed E-state index contributed by atoms with van der Waals surface area (Å²) in [5.74, 6) is 0.932. The first-order valence-corrected chi connectivity index (χ1v) is 5.41. The molecule has 0 spiro atoms. The molecule has 0 saturated heterocycles. The summed E-state index contributed by atoms with van der Waals surface area (Å²) < 4.78 is 7.44. The first kappa shape index (κ1) is 11.0.